The van der Waals surface area contributed by atoms with Crippen LogP contribution in [0, 0.1) is 13.8 Å². The Balaban J connectivity index is 1.88. The molecule has 0 radical (unpaired) electrons. The highest BCUT2D eigenvalue weighted by molar-refractivity contribution is 7.17. The molecular formula is C20H25N5O2S. The predicted octanol–water partition coefficient (Wildman–Crippen LogP) is 3.93. The molecule has 2 heterocycles. The van der Waals surface area contributed by atoms with Gasteiger partial charge in [-0.1, -0.05) is 12.1 Å². The summed E-state index contributed by atoms with van der Waals surface area (Å²) in [5.74, 6) is 0.726. The van der Waals surface area contributed by atoms with E-state index < -0.39 is 0 Å². The van der Waals surface area contributed by atoms with Crippen LogP contribution in [0.4, 0.5) is 0 Å². The van der Waals surface area contributed by atoms with Crippen molar-refractivity contribution in [1.29, 1.82) is 0 Å². The fraction of sp³-hybridized carbons (Fsp3) is 0.400. The van der Waals surface area contributed by atoms with Crippen LogP contribution in [-0.2, 0) is 0 Å². The molecule has 28 heavy (non-hydrogen) atoms. The smallest absolute Gasteiger partial charge is 0.263 e. The van der Waals surface area contributed by atoms with Crippen molar-refractivity contribution in [2.45, 2.75) is 47.1 Å². The van der Waals surface area contributed by atoms with Crippen LogP contribution < -0.4 is 10.1 Å². The Kier molecular flexibility index (Phi) is 6.08. The molecule has 0 bridgehead atoms. The minimum absolute atomic E-state index is 0.0906. The van der Waals surface area contributed by atoms with E-state index in [9.17, 15) is 4.79 Å². The number of ether oxygens (including phenoxy) is 1. The third-order valence-corrected chi connectivity index (χ3v) is 5.65. The summed E-state index contributed by atoms with van der Waals surface area (Å²) >= 11 is 1.35. The predicted molar refractivity (Wildman–Crippen MR) is 110 cm³/mol. The van der Waals surface area contributed by atoms with Gasteiger partial charge in [-0.2, -0.15) is 0 Å². The van der Waals surface area contributed by atoms with Gasteiger partial charge in [0.15, 0.2) is 0 Å². The molecule has 2 aromatic heterocycles. The number of thiazole rings is 1. The maximum atomic E-state index is 12.5. The van der Waals surface area contributed by atoms with Gasteiger partial charge in [0, 0.05) is 6.04 Å². The number of nitrogens with one attached hydrogen (secondary N) is 1. The molecule has 1 aromatic carbocycles. The lowest BCUT2D eigenvalue weighted by Gasteiger charge is -2.09. The van der Waals surface area contributed by atoms with E-state index in [4.69, 9.17) is 4.74 Å². The van der Waals surface area contributed by atoms with Crippen molar-refractivity contribution in [2.24, 2.45) is 0 Å². The van der Waals surface area contributed by atoms with E-state index in [1.54, 1.807) is 4.68 Å². The topological polar surface area (TPSA) is 81.9 Å². The maximum absolute atomic E-state index is 12.5. The van der Waals surface area contributed by atoms with Crippen LogP contribution in [0.15, 0.2) is 24.3 Å². The van der Waals surface area contributed by atoms with Crippen molar-refractivity contribution in [2.75, 3.05) is 6.61 Å². The first kappa shape index (κ1) is 20.0. The standard InChI is InChI=1S/C20H25N5O2S/c1-6-12(3)21-19(26)18-13(4)22-20(28-18)17-14(5)25(24-23-17)15-8-10-16(11-9-15)27-7-2/h8-12H,6-7H2,1-5H3,(H,21,26)/t12-/m0/s1. The van der Waals surface area contributed by atoms with Crippen LogP contribution in [0.2, 0.25) is 0 Å². The average molecular weight is 400 g/mol. The number of nitrogens with zero attached hydrogens (tertiary/aromatic N) is 4. The summed E-state index contributed by atoms with van der Waals surface area (Å²) in [6.45, 7) is 10.4. The normalized spacial score (nSPS) is 12.0. The zero-order chi connectivity index (χ0) is 20.3. The first-order valence-electron chi connectivity index (χ1n) is 9.38. The maximum Gasteiger partial charge on any atom is 0.263 e. The third-order valence-electron chi connectivity index (χ3n) is 4.48. The van der Waals surface area contributed by atoms with Crippen molar-refractivity contribution in [3.63, 3.8) is 0 Å². The van der Waals surface area contributed by atoms with Gasteiger partial charge >= 0.3 is 0 Å². The monoisotopic (exact) mass is 399 g/mol. The molecule has 1 amide bonds. The van der Waals surface area contributed by atoms with Gasteiger partial charge in [0.2, 0.25) is 0 Å². The number of rotatable bonds is 7. The largest absolute Gasteiger partial charge is 0.494 e. The van der Waals surface area contributed by atoms with E-state index in [0.717, 1.165) is 23.6 Å². The molecule has 7 nitrogen and oxygen atoms in total. The molecule has 1 N–H and O–H groups in total. The molecule has 3 rings (SSSR count). The minimum atomic E-state index is -0.0906. The second kappa shape index (κ2) is 8.52. The Labute approximate surface area is 168 Å². The summed E-state index contributed by atoms with van der Waals surface area (Å²) in [6.07, 6.45) is 0.881. The van der Waals surface area contributed by atoms with Crippen molar-refractivity contribution in [1.82, 2.24) is 25.3 Å². The fourth-order valence-corrected chi connectivity index (χ4v) is 3.73. The third kappa shape index (κ3) is 4.06. The minimum Gasteiger partial charge on any atom is -0.494 e. The lowest BCUT2D eigenvalue weighted by molar-refractivity contribution is 0.0942. The van der Waals surface area contributed by atoms with Gasteiger partial charge in [0.05, 0.1) is 23.7 Å². The summed E-state index contributed by atoms with van der Waals surface area (Å²) in [5.41, 5.74) is 3.15. The van der Waals surface area contributed by atoms with Gasteiger partial charge in [-0.25, -0.2) is 9.67 Å². The number of hydrogen-bond acceptors (Lipinski definition) is 6. The molecule has 8 heteroatoms. The Bertz CT molecular complexity index is 962. The van der Waals surface area contributed by atoms with Gasteiger partial charge in [-0.3, -0.25) is 4.79 Å². The Morgan fingerprint density at radius 1 is 1.25 bits per heavy atom. The second-order valence-electron chi connectivity index (χ2n) is 6.58. The van der Waals surface area contributed by atoms with E-state index in [1.165, 1.54) is 11.3 Å². The lowest BCUT2D eigenvalue weighted by Crippen LogP contribution is -2.31. The molecule has 0 saturated carbocycles. The summed E-state index contributed by atoms with van der Waals surface area (Å²) < 4.78 is 7.25. The average Bonchev–Trinajstić information content (AvgIpc) is 3.25. The quantitative estimate of drug-likeness (QED) is 0.651. The first-order chi connectivity index (χ1) is 13.4. The molecule has 0 aliphatic carbocycles. The summed E-state index contributed by atoms with van der Waals surface area (Å²) in [5, 5.41) is 12.3. The SMILES string of the molecule is CCOc1ccc(-n2nnc(-c3nc(C)c(C(=O)N[C@@H](C)CC)s3)c2C)cc1. The van der Waals surface area contributed by atoms with Crippen LogP contribution in [0.3, 0.4) is 0 Å². The van der Waals surface area contributed by atoms with Crippen molar-refractivity contribution in [3.8, 4) is 22.1 Å². The van der Waals surface area contributed by atoms with Crippen LogP contribution in [-0.4, -0.2) is 38.5 Å². The lowest BCUT2D eigenvalue weighted by atomic mass is 10.2. The Morgan fingerprint density at radius 3 is 2.61 bits per heavy atom. The molecule has 0 aliphatic heterocycles. The number of benzene rings is 1. The Hall–Kier alpha value is -2.74. The first-order valence-corrected chi connectivity index (χ1v) is 10.2. The van der Waals surface area contributed by atoms with Crippen LogP contribution in [0.25, 0.3) is 16.4 Å². The molecule has 0 saturated heterocycles. The van der Waals surface area contributed by atoms with Crippen LogP contribution in [0.1, 0.15) is 48.3 Å². The summed E-state index contributed by atoms with van der Waals surface area (Å²) in [7, 11) is 0. The van der Waals surface area contributed by atoms with E-state index >= 15 is 0 Å². The van der Waals surface area contributed by atoms with Gasteiger partial charge in [-0.15, -0.1) is 16.4 Å². The number of carbonyl (C=O) groups is 1. The Morgan fingerprint density at radius 2 is 1.96 bits per heavy atom. The molecule has 1 atom stereocenters. The molecule has 0 fully saturated rings. The molecule has 148 valence electrons. The van der Waals surface area contributed by atoms with E-state index in [2.05, 4.69) is 20.6 Å². The highest BCUT2D eigenvalue weighted by Gasteiger charge is 2.21. The van der Waals surface area contributed by atoms with Gasteiger partial charge in [0.1, 0.15) is 21.3 Å². The number of carbonyl (C=O) groups excluding carboxylic acids is 1. The molecule has 0 aliphatic rings. The molecule has 3 aromatic rings. The van der Waals surface area contributed by atoms with Gasteiger partial charge < -0.3 is 10.1 Å². The van der Waals surface area contributed by atoms with Crippen LogP contribution >= 0.6 is 11.3 Å². The number of aryl methyl sites for hydroxylation is 1. The summed E-state index contributed by atoms with van der Waals surface area (Å²) in [4.78, 5) is 17.7. The zero-order valence-corrected chi connectivity index (χ0v) is 17.6. The molecule has 0 unspecified atom stereocenters. The highest BCUT2D eigenvalue weighted by Crippen LogP contribution is 2.29. The van der Waals surface area contributed by atoms with Crippen molar-refractivity contribution in [3.05, 3.63) is 40.5 Å². The molecular weight excluding hydrogens is 374 g/mol. The van der Waals surface area contributed by atoms with Crippen molar-refractivity contribution >= 4 is 17.2 Å². The zero-order valence-electron chi connectivity index (χ0n) is 16.8. The number of aromatic nitrogens is 4. The molecule has 0 spiro atoms. The van der Waals surface area contributed by atoms with Crippen LogP contribution in [0.5, 0.6) is 5.75 Å². The van der Waals surface area contributed by atoms with Crippen molar-refractivity contribution < 1.29 is 9.53 Å². The number of amides is 1. The van der Waals surface area contributed by atoms with Gasteiger partial charge in [0.25, 0.3) is 5.91 Å². The van der Waals surface area contributed by atoms with E-state index in [-0.39, 0.29) is 11.9 Å². The second-order valence-corrected chi connectivity index (χ2v) is 7.58. The van der Waals surface area contributed by atoms with Gasteiger partial charge in [-0.05, 0) is 58.4 Å². The van der Waals surface area contributed by atoms with E-state index in [1.807, 2.05) is 58.9 Å². The summed E-state index contributed by atoms with van der Waals surface area (Å²) in [6, 6.07) is 7.82. The fourth-order valence-electron chi connectivity index (χ4n) is 2.72. The number of hydrogen-bond donors (Lipinski definition) is 1. The van der Waals surface area contributed by atoms with E-state index in [0.29, 0.717) is 27.9 Å². The highest BCUT2D eigenvalue weighted by atomic mass is 32.1.